The van der Waals surface area contributed by atoms with Gasteiger partial charge in [0.25, 0.3) is 5.91 Å². The van der Waals surface area contributed by atoms with Gasteiger partial charge in [-0.05, 0) is 17.8 Å². The summed E-state index contributed by atoms with van der Waals surface area (Å²) >= 11 is 0. The number of hydrogen-bond donors (Lipinski definition) is 1. The van der Waals surface area contributed by atoms with Crippen molar-refractivity contribution in [3.8, 4) is 0 Å². The Morgan fingerprint density at radius 2 is 1.95 bits per heavy atom. The molecule has 1 N–H and O–H groups in total. The van der Waals surface area contributed by atoms with E-state index in [4.69, 9.17) is 0 Å². The monoisotopic (exact) mass is 268 g/mol. The lowest BCUT2D eigenvalue weighted by Crippen LogP contribution is -2.33. The number of unbranched alkanes of at least 4 members (excludes halogenated alkanes) is 2. The van der Waals surface area contributed by atoms with Crippen molar-refractivity contribution in [2.24, 2.45) is 0 Å². The van der Waals surface area contributed by atoms with Crippen LogP contribution in [0.4, 0.5) is 5.82 Å². The number of carbonyl (C=O) groups is 1. The summed E-state index contributed by atoms with van der Waals surface area (Å²) in [5, 5.41) is 10.8. The molecule has 1 aromatic rings. The molecular formula is C12H20N4O3. The number of rotatable bonds is 8. The smallest absolute Gasteiger partial charge is 0.353 e. The van der Waals surface area contributed by atoms with E-state index in [-0.39, 0.29) is 17.4 Å². The first-order chi connectivity index (χ1) is 9.11. The Bertz CT molecular complexity index is 422. The van der Waals surface area contributed by atoms with Crippen LogP contribution in [-0.2, 0) is 0 Å². The summed E-state index contributed by atoms with van der Waals surface area (Å²) in [5.74, 6) is -0.696. The Kier molecular flexibility index (Phi) is 5.98. The van der Waals surface area contributed by atoms with Gasteiger partial charge in [-0.25, -0.2) is 9.97 Å². The van der Waals surface area contributed by atoms with Crippen LogP contribution in [0.25, 0.3) is 0 Å². The van der Waals surface area contributed by atoms with Crippen LogP contribution in [0.3, 0.4) is 0 Å². The molecule has 0 saturated carbocycles. The lowest BCUT2D eigenvalue weighted by Gasteiger charge is -2.21. The van der Waals surface area contributed by atoms with Gasteiger partial charge in [-0.2, -0.15) is 0 Å². The van der Waals surface area contributed by atoms with Crippen LogP contribution >= 0.6 is 0 Å². The maximum Gasteiger partial charge on any atom is 0.353 e. The molecule has 1 heterocycles. The summed E-state index contributed by atoms with van der Waals surface area (Å²) < 4.78 is 0. The van der Waals surface area contributed by atoms with Crippen LogP contribution in [0.2, 0.25) is 0 Å². The molecule has 0 aromatic carbocycles. The Hall–Kier alpha value is -1.92. The van der Waals surface area contributed by atoms with E-state index in [1.54, 1.807) is 4.90 Å². The molecule has 0 saturated heterocycles. The molecule has 0 aliphatic rings. The van der Waals surface area contributed by atoms with Crippen LogP contribution in [0.15, 0.2) is 6.33 Å². The molecule has 106 valence electrons. The highest BCUT2D eigenvalue weighted by atomic mass is 16.6. The fourth-order valence-corrected chi connectivity index (χ4v) is 1.75. The van der Waals surface area contributed by atoms with E-state index < -0.39 is 4.92 Å². The number of nitrogens with one attached hydrogen (secondary N) is 1. The Labute approximate surface area is 112 Å². The average molecular weight is 268 g/mol. The third kappa shape index (κ3) is 4.04. The van der Waals surface area contributed by atoms with Gasteiger partial charge in [0.2, 0.25) is 5.69 Å². The number of aromatic nitrogens is 2. The first-order valence-corrected chi connectivity index (χ1v) is 6.58. The number of hydrogen-bond acceptors (Lipinski definition) is 4. The molecule has 0 spiro atoms. The normalized spacial score (nSPS) is 10.4. The fraction of sp³-hybridized carbons (Fsp3) is 0.667. The first kappa shape index (κ1) is 15.1. The highest BCUT2D eigenvalue weighted by molar-refractivity contribution is 5.95. The zero-order chi connectivity index (χ0) is 14.3. The van der Waals surface area contributed by atoms with Gasteiger partial charge >= 0.3 is 5.82 Å². The van der Waals surface area contributed by atoms with Gasteiger partial charge in [0, 0.05) is 13.1 Å². The molecule has 0 atom stereocenters. The summed E-state index contributed by atoms with van der Waals surface area (Å²) in [6, 6.07) is 0. The minimum Gasteiger partial charge on any atom is -0.358 e. The minimum atomic E-state index is -0.613. The van der Waals surface area contributed by atoms with E-state index in [1.807, 2.05) is 13.8 Å². The van der Waals surface area contributed by atoms with Crippen LogP contribution in [0.1, 0.15) is 50.0 Å². The number of aromatic amines is 1. The number of imidazole rings is 1. The predicted molar refractivity (Wildman–Crippen MR) is 71.0 cm³/mol. The molecule has 0 unspecified atom stereocenters. The second kappa shape index (κ2) is 7.50. The lowest BCUT2D eigenvalue weighted by atomic mass is 10.2. The van der Waals surface area contributed by atoms with Crippen molar-refractivity contribution < 1.29 is 9.72 Å². The summed E-state index contributed by atoms with van der Waals surface area (Å²) in [5.41, 5.74) is -0.0998. The standard InChI is InChI=1S/C12H20N4O3/c1-3-5-7-15(8-6-4-2)12(17)10-11(16(18)19)14-9-13-10/h9H,3-8H2,1-2H3,(H,13,14). The first-order valence-electron chi connectivity index (χ1n) is 6.58. The van der Waals surface area contributed by atoms with Crippen molar-refractivity contribution in [2.75, 3.05) is 13.1 Å². The second-order valence-corrected chi connectivity index (χ2v) is 4.36. The zero-order valence-electron chi connectivity index (χ0n) is 11.4. The third-order valence-electron chi connectivity index (χ3n) is 2.85. The van der Waals surface area contributed by atoms with Gasteiger partial charge in [-0.1, -0.05) is 26.7 Å². The van der Waals surface area contributed by atoms with Crippen LogP contribution in [0.5, 0.6) is 0 Å². The number of H-pyrrole nitrogens is 1. The van der Waals surface area contributed by atoms with Gasteiger partial charge in [-0.15, -0.1) is 0 Å². The maximum absolute atomic E-state index is 12.3. The average Bonchev–Trinajstić information content (AvgIpc) is 2.87. The van der Waals surface area contributed by atoms with Crippen molar-refractivity contribution in [1.82, 2.24) is 14.9 Å². The SMILES string of the molecule is CCCCN(CCCC)C(=O)c1nc[nH]c1[N+](=O)[O-]. The highest BCUT2D eigenvalue weighted by Gasteiger charge is 2.26. The molecule has 0 aliphatic heterocycles. The molecule has 7 heteroatoms. The number of carbonyl (C=O) groups excluding carboxylic acids is 1. The summed E-state index contributed by atoms with van der Waals surface area (Å²) in [6.07, 6.45) is 4.89. The minimum absolute atomic E-state index is 0.0998. The summed E-state index contributed by atoms with van der Waals surface area (Å²) in [4.78, 5) is 30.3. The Morgan fingerprint density at radius 1 is 1.37 bits per heavy atom. The zero-order valence-corrected chi connectivity index (χ0v) is 11.4. The van der Waals surface area contributed by atoms with E-state index in [2.05, 4.69) is 9.97 Å². The second-order valence-electron chi connectivity index (χ2n) is 4.36. The lowest BCUT2D eigenvalue weighted by molar-refractivity contribution is -0.389. The molecule has 0 aliphatic carbocycles. The summed E-state index contributed by atoms with van der Waals surface area (Å²) in [7, 11) is 0. The van der Waals surface area contributed by atoms with Gasteiger partial charge in [0.15, 0.2) is 6.33 Å². The maximum atomic E-state index is 12.3. The van der Waals surface area contributed by atoms with Gasteiger partial charge in [0.1, 0.15) is 0 Å². The number of amides is 1. The molecular weight excluding hydrogens is 248 g/mol. The van der Waals surface area contributed by atoms with Crippen LogP contribution < -0.4 is 0 Å². The highest BCUT2D eigenvalue weighted by Crippen LogP contribution is 2.15. The quantitative estimate of drug-likeness (QED) is 0.578. The van der Waals surface area contributed by atoms with E-state index in [0.29, 0.717) is 13.1 Å². The summed E-state index contributed by atoms with van der Waals surface area (Å²) in [6.45, 7) is 5.30. The molecule has 1 amide bonds. The van der Waals surface area contributed by atoms with E-state index in [1.165, 1.54) is 6.33 Å². The largest absolute Gasteiger partial charge is 0.358 e. The Balaban J connectivity index is 2.84. The fourth-order valence-electron chi connectivity index (χ4n) is 1.75. The topological polar surface area (TPSA) is 92.1 Å². The van der Waals surface area contributed by atoms with Crippen LogP contribution in [0, 0.1) is 10.1 Å². The van der Waals surface area contributed by atoms with Crippen molar-refractivity contribution in [2.45, 2.75) is 39.5 Å². The Morgan fingerprint density at radius 3 is 2.42 bits per heavy atom. The van der Waals surface area contributed by atoms with Crippen molar-refractivity contribution in [3.63, 3.8) is 0 Å². The van der Waals surface area contributed by atoms with Gasteiger partial charge in [0.05, 0.1) is 0 Å². The van der Waals surface area contributed by atoms with E-state index >= 15 is 0 Å². The van der Waals surface area contributed by atoms with Crippen molar-refractivity contribution in [1.29, 1.82) is 0 Å². The van der Waals surface area contributed by atoms with Crippen molar-refractivity contribution >= 4 is 11.7 Å². The van der Waals surface area contributed by atoms with Gasteiger partial charge < -0.3 is 15.0 Å². The van der Waals surface area contributed by atoms with E-state index in [0.717, 1.165) is 25.7 Å². The molecule has 19 heavy (non-hydrogen) atoms. The molecule has 0 radical (unpaired) electrons. The molecule has 1 rings (SSSR count). The molecule has 0 bridgehead atoms. The number of nitrogens with zero attached hydrogens (tertiary/aromatic N) is 3. The van der Waals surface area contributed by atoms with E-state index in [9.17, 15) is 14.9 Å². The molecule has 7 nitrogen and oxygen atoms in total. The molecule has 0 fully saturated rings. The van der Waals surface area contributed by atoms with Gasteiger partial charge in [-0.3, -0.25) is 4.79 Å². The van der Waals surface area contributed by atoms with Crippen molar-refractivity contribution in [3.05, 3.63) is 22.1 Å². The predicted octanol–water partition coefficient (Wildman–Crippen LogP) is 2.36. The molecule has 1 aromatic heterocycles. The van der Waals surface area contributed by atoms with Crippen LogP contribution in [-0.4, -0.2) is 38.8 Å². The number of nitro groups is 1. The third-order valence-corrected chi connectivity index (χ3v) is 2.85.